The van der Waals surface area contributed by atoms with Crippen LogP contribution >= 0.6 is 0 Å². The van der Waals surface area contributed by atoms with Crippen molar-refractivity contribution in [3.63, 3.8) is 0 Å². The maximum Gasteiger partial charge on any atom is 0.295 e. The van der Waals surface area contributed by atoms with Crippen molar-refractivity contribution in [2.45, 2.75) is 19.4 Å². The van der Waals surface area contributed by atoms with E-state index in [1.165, 1.54) is 0 Å². The van der Waals surface area contributed by atoms with Crippen LogP contribution in [0.15, 0.2) is 57.5 Å². The fourth-order valence-corrected chi connectivity index (χ4v) is 3.58. The van der Waals surface area contributed by atoms with Crippen LogP contribution in [-0.2, 0) is 13.0 Å². The molecule has 0 spiro atoms. The third-order valence-corrected chi connectivity index (χ3v) is 4.96. The summed E-state index contributed by atoms with van der Waals surface area (Å²) < 4.78 is 1.68. The molecule has 2 aromatic heterocycles. The van der Waals surface area contributed by atoms with Crippen molar-refractivity contribution in [3.8, 4) is 5.88 Å². The first-order valence-corrected chi connectivity index (χ1v) is 8.91. The van der Waals surface area contributed by atoms with E-state index in [1.807, 2.05) is 12.1 Å². The first kappa shape index (κ1) is 16.4. The third kappa shape index (κ3) is 2.50. The Morgan fingerprint density at radius 1 is 1.18 bits per heavy atom. The van der Waals surface area contributed by atoms with Crippen molar-refractivity contribution in [3.05, 3.63) is 64.2 Å². The Kier molecular flexibility index (Phi) is 3.58. The van der Waals surface area contributed by atoms with Gasteiger partial charge in [0.05, 0.1) is 16.4 Å². The quantitative estimate of drug-likeness (QED) is 0.524. The molecule has 0 radical (unpaired) electrons. The summed E-state index contributed by atoms with van der Waals surface area (Å²) in [6, 6.07) is 11.9. The SMILES string of the molecule is O=C(N=Nc1c(O)[nH]c2ccccc12)c1ccc2c(=O)n3c(nc2c1)CCC3. The van der Waals surface area contributed by atoms with Crippen LogP contribution in [-0.4, -0.2) is 25.5 Å². The molecule has 0 bridgehead atoms. The number of aromatic nitrogens is 3. The van der Waals surface area contributed by atoms with E-state index in [0.717, 1.165) is 18.7 Å². The highest BCUT2D eigenvalue weighted by Crippen LogP contribution is 2.35. The number of aryl methyl sites for hydroxylation is 1. The van der Waals surface area contributed by atoms with Gasteiger partial charge in [0, 0.05) is 23.9 Å². The maximum absolute atomic E-state index is 12.5. The number of carbonyl (C=O) groups is 1. The number of azo groups is 1. The number of amides is 1. The Balaban J connectivity index is 1.52. The number of fused-ring (bicyclic) bond motifs is 3. The molecule has 8 nitrogen and oxygen atoms in total. The molecule has 0 atom stereocenters. The summed E-state index contributed by atoms with van der Waals surface area (Å²) in [4.78, 5) is 32.3. The Labute approximate surface area is 158 Å². The first-order valence-electron chi connectivity index (χ1n) is 8.91. The topological polar surface area (TPSA) is 113 Å². The van der Waals surface area contributed by atoms with Gasteiger partial charge in [0.15, 0.2) is 5.69 Å². The number of rotatable bonds is 2. The molecule has 1 aliphatic rings. The van der Waals surface area contributed by atoms with Crippen LogP contribution in [0, 0.1) is 0 Å². The zero-order valence-electron chi connectivity index (χ0n) is 14.7. The van der Waals surface area contributed by atoms with Crippen LogP contribution in [0.3, 0.4) is 0 Å². The molecule has 4 aromatic rings. The van der Waals surface area contributed by atoms with Gasteiger partial charge in [-0.1, -0.05) is 18.2 Å². The number of aromatic hydroxyl groups is 1. The van der Waals surface area contributed by atoms with Crippen molar-refractivity contribution in [2.75, 3.05) is 0 Å². The van der Waals surface area contributed by atoms with Crippen LogP contribution < -0.4 is 5.56 Å². The number of aromatic amines is 1. The fourth-order valence-electron chi connectivity index (χ4n) is 3.58. The number of hydrogen-bond donors (Lipinski definition) is 2. The molecule has 2 aromatic carbocycles. The predicted octanol–water partition coefficient (Wildman–Crippen LogP) is 3.45. The second-order valence-corrected chi connectivity index (χ2v) is 6.69. The molecule has 2 N–H and O–H groups in total. The highest BCUT2D eigenvalue weighted by atomic mass is 16.3. The second-order valence-electron chi connectivity index (χ2n) is 6.69. The van der Waals surface area contributed by atoms with Crippen LogP contribution in [0.5, 0.6) is 5.88 Å². The van der Waals surface area contributed by atoms with Gasteiger partial charge in [-0.15, -0.1) is 10.2 Å². The van der Waals surface area contributed by atoms with E-state index < -0.39 is 5.91 Å². The van der Waals surface area contributed by atoms with E-state index in [2.05, 4.69) is 20.2 Å². The molecular weight excluding hydrogens is 358 g/mol. The molecular formula is C20H15N5O3. The summed E-state index contributed by atoms with van der Waals surface area (Å²) >= 11 is 0. The molecule has 0 unspecified atom stereocenters. The molecule has 8 heteroatoms. The van der Waals surface area contributed by atoms with E-state index in [1.54, 1.807) is 34.9 Å². The van der Waals surface area contributed by atoms with E-state index in [0.29, 0.717) is 28.4 Å². The minimum Gasteiger partial charge on any atom is -0.493 e. The predicted molar refractivity (Wildman–Crippen MR) is 103 cm³/mol. The number of hydrogen-bond acceptors (Lipinski definition) is 5. The molecule has 1 aliphatic heterocycles. The van der Waals surface area contributed by atoms with Crippen molar-refractivity contribution in [1.82, 2.24) is 14.5 Å². The number of carbonyl (C=O) groups excluding carboxylic acids is 1. The van der Waals surface area contributed by atoms with Gasteiger partial charge < -0.3 is 10.1 Å². The first-order chi connectivity index (χ1) is 13.6. The summed E-state index contributed by atoms with van der Waals surface area (Å²) in [6.07, 6.45) is 1.65. The second kappa shape index (κ2) is 6.12. The Morgan fingerprint density at radius 2 is 2.04 bits per heavy atom. The Hall–Kier alpha value is -3.81. The summed E-state index contributed by atoms with van der Waals surface area (Å²) in [5, 5.41) is 18.8. The van der Waals surface area contributed by atoms with Crippen LogP contribution in [0.2, 0.25) is 0 Å². The van der Waals surface area contributed by atoms with Gasteiger partial charge in [-0.05, 0) is 30.7 Å². The molecule has 5 rings (SSSR count). The molecule has 28 heavy (non-hydrogen) atoms. The van der Waals surface area contributed by atoms with Gasteiger partial charge in [-0.2, -0.15) is 0 Å². The average Bonchev–Trinajstić information content (AvgIpc) is 3.29. The molecule has 1 amide bonds. The minimum absolute atomic E-state index is 0.0816. The monoisotopic (exact) mass is 373 g/mol. The summed E-state index contributed by atoms with van der Waals surface area (Å²) in [5.41, 5.74) is 1.59. The van der Waals surface area contributed by atoms with E-state index in [9.17, 15) is 14.7 Å². The van der Waals surface area contributed by atoms with Crippen molar-refractivity contribution < 1.29 is 9.90 Å². The zero-order chi connectivity index (χ0) is 19.3. The lowest BCUT2D eigenvalue weighted by Gasteiger charge is -2.05. The van der Waals surface area contributed by atoms with Gasteiger partial charge in [-0.3, -0.25) is 14.2 Å². The van der Waals surface area contributed by atoms with E-state index >= 15 is 0 Å². The number of H-pyrrole nitrogens is 1. The summed E-state index contributed by atoms with van der Waals surface area (Å²) in [5.74, 6) is 0.0166. The van der Waals surface area contributed by atoms with Gasteiger partial charge in [0.2, 0.25) is 5.88 Å². The molecule has 0 aliphatic carbocycles. The molecule has 3 heterocycles. The van der Waals surface area contributed by atoms with Crippen LogP contribution in [0.1, 0.15) is 22.6 Å². The van der Waals surface area contributed by atoms with Crippen LogP contribution in [0.25, 0.3) is 21.8 Å². The van der Waals surface area contributed by atoms with Gasteiger partial charge in [0.25, 0.3) is 11.5 Å². The minimum atomic E-state index is -0.575. The van der Waals surface area contributed by atoms with E-state index in [4.69, 9.17) is 0 Å². The number of nitrogens with zero attached hydrogens (tertiary/aromatic N) is 4. The smallest absolute Gasteiger partial charge is 0.295 e. The lowest BCUT2D eigenvalue weighted by molar-refractivity contribution is 0.0995. The van der Waals surface area contributed by atoms with Crippen molar-refractivity contribution >= 4 is 33.4 Å². The molecule has 0 fully saturated rings. The molecule has 0 saturated carbocycles. The average molecular weight is 373 g/mol. The van der Waals surface area contributed by atoms with Crippen LogP contribution in [0.4, 0.5) is 5.69 Å². The molecule has 0 saturated heterocycles. The Bertz CT molecular complexity index is 1350. The number of para-hydroxylation sites is 1. The van der Waals surface area contributed by atoms with Crippen molar-refractivity contribution in [2.24, 2.45) is 10.2 Å². The van der Waals surface area contributed by atoms with Gasteiger partial charge in [0.1, 0.15) is 5.82 Å². The highest BCUT2D eigenvalue weighted by Gasteiger charge is 2.17. The largest absolute Gasteiger partial charge is 0.493 e. The molecule has 138 valence electrons. The normalized spacial score (nSPS) is 13.6. The number of benzene rings is 2. The highest BCUT2D eigenvalue weighted by molar-refractivity contribution is 5.99. The maximum atomic E-state index is 12.5. The zero-order valence-corrected chi connectivity index (χ0v) is 14.7. The Morgan fingerprint density at radius 3 is 2.93 bits per heavy atom. The van der Waals surface area contributed by atoms with Crippen molar-refractivity contribution in [1.29, 1.82) is 0 Å². The fraction of sp³-hybridized carbons (Fsp3) is 0.150. The van der Waals surface area contributed by atoms with Gasteiger partial charge >= 0.3 is 0 Å². The summed E-state index contributed by atoms with van der Waals surface area (Å²) in [7, 11) is 0. The third-order valence-electron chi connectivity index (χ3n) is 4.96. The standard InChI is InChI=1S/C20H15N5O3/c26-18(24-23-17-12-4-1-2-5-14(12)22-19(17)27)11-7-8-13-15(10-11)21-16-6-3-9-25(16)20(13)28/h1-2,4-5,7-8,10,22,27H,3,6,9H2. The summed E-state index contributed by atoms with van der Waals surface area (Å²) in [6.45, 7) is 0.681. The van der Waals surface area contributed by atoms with Gasteiger partial charge in [-0.25, -0.2) is 4.98 Å². The number of nitrogens with one attached hydrogen (secondary N) is 1. The lowest BCUT2D eigenvalue weighted by atomic mass is 10.1. The van der Waals surface area contributed by atoms with E-state index in [-0.39, 0.29) is 22.7 Å². The lowest BCUT2D eigenvalue weighted by Crippen LogP contribution is -2.21.